The van der Waals surface area contributed by atoms with Gasteiger partial charge < -0.3 is 15.0 Å². The second-order valence-electron chi connectivity index (χ2n) is 9.69. The highest BCUT2D eigenvalue weighted by Crippen LogP contribution is 2.40. The van der Waals surface area contributed by atoms with Crippen LogP contribution in [0.4, 0.5) is 34.8 Å². The van der Waals surface area contributed by atoms with Crippen molar-refractivity contribution in [1.29, 1.82) is 0 Å². The number of alkyl halides is 2. The number of fused-ring (bicyclic) bond motifs is 1. The fourth-order valence-electron chi connectivity index (χ4n) is 5.00. The lowest BCUT2D eigenvalue weighted by atomic mass is 10.0. The Labute approximate surface area is 233 Å². The van der Waals surface area contributed by atoms with E-state index in [1.54, 1.807) is 43.6 Å². The maximum Gasteiger partial charge on any atom is 0.263 e. The third-order valence-electron chi connectivity index (χ3n) is 7.11. The number of pyridine rings is 3. The first-order valence-corrected chi connectivity index (χ1v) is 13.1. The number of hydrogen-bond donors (Lipinski definition) is 1. The molecule has 41 heavy (non-hydrogen) atoms. The molecule has 2 aromatic carbocycles. The molecule has 5 aromatic rings. The van der Waals surface area contributed by atoms with Gasteiger partial charge in [-0.3, -0.25) is 4.98 Å². The molecule has 0 aliphatic carbocycles. The molecule has 6 rings (SSSR count). The van der Waals surface area contributed by atoms with Gasteiger partial charge in [-0.25, -0.2) is 27.5 Å². The number of nitrogens with one attached hydrogen (secondary N) is 1. The van der Waals surface area contributed by atoms with Gasteiger partial charge in [0.05, 0.1) is 46.9 Å². The summed E-state index contributed by atoms with van der Waals surface area (Å²) in [6, 6.07) is 15.2. The quantitative estimate of drug-likeness (QED) is 0.218. The van der Waals surface area contributed by atoms with Crippen molar-refractivity contribution in [1.82, 2.24) is 15.0 Å². The van der Waals surface area contributed by atoms with E-state index in [9.17, 15) is 13.2 Å². The lowest BCUT2D eigenvalue weighted by Crippen LogP contribution is -2.36. The van der Waals surface area contributed by atoms with E-state index in [4.69, 9.17) is 4.74 Å². The van der Waals surface area contributed by atoms with Crippen LogP contribution >= 0.6 is 0 Å². The minimum atomic E-state index is -2.59. The second kappa shape index (κ2) is 11.1. The van der Waals surface area contributed by atoms with Gasteiger partial charge >= 0.3 is 0 Å². The number of aromatic nitrogens is 3. The Morgan fingerprint density at radius 1 is 0.951 bits per heavy atom. The number of morpholine rings is 1. The zero-order valence-corrected chi connectivity index (χ0v) is 22.0. The van der Waals surface area contributed by atoms with Gasteiger partial charge in [0.2, 0.25) is 0 Å². The molecule has 208 valence electrons. The predicted molar refractivity (Wildman–Crippen MR) is 151 cm³/mol. The van der Waals surface area contributed by atoms with Crippen molar-refractivity contribution in [2.75, 3.05) is 36.5 Å². The van der Waals surface area contributed by atoms with Crippen molar-refractivity contribution < 1.29 is 22.3 Å². The first-order valence-electron chi connectivity index (χ1n) is 13.1. The van der Waals surface area contributed by atoms with E-state index >= 15 is 4.39 Å². The minimum Gasteiger partial charge on any atom is -0.378 e. The van der Waals surface area contributed by atoms with Crippen LogP contribution in [-0.4, -0.2) is 41.3 Å². The van der Waals surface area contributed by atoms with Crippen molar-refractivity contribution in [2.45, 2.75) is 13.3 Å². The van der Waals surface area contributed by atoms with Crippen LogP contribution in [0.2, 0.25) is 0 Å². The van der Waals surface area contributed by atoms with Crippen molar-refractivity contribution >= 4 is 28.1 Å². The van der Waals surface area contributed by atoms with E-state index < -0.39 is 18.1 Å². The summed E-state index contributed by atoms with van der Waals surface area (Å²) >= 11 is 0. The summed E-state index contributed by atoms with van der Waals surface area (Å²) in [4.78, 5) is 15.7. The van der Waals surface area contributed by atoms with Crippen LogP contribution in [0.25, 0.3) is 33.4 Å². The van der Waals surface area contributed by atoms with Crippen molar-refractivity contribution in [3.8, 4) is 22.5 Å². The lowest BCUT2D eigenvalue weighted by Gasteiger charge is -2.28. The molecule has 4 heterocycles. The van der Waals surface area contributed by atoms with E-state index in [-0.39, 0.29) is 16.5 Å². The highest BCUT2D eigenvalue weighted by atomic mass is 19.3. The number of nitrogens with zero attached hydrogens (tertiary/aromatic N) is 4. The maximum absolute atomic E-state index is 15.4. The largest absolute Gasteiger partial charge is 0.378 e. The summed E-state index contributed by atoms with van der Waals surface area (Å²) in [5.74, 6) is -0.838. The molecule has 0 radical (unpaired) electrons. The number of hydrogen-bond acceptors (Lipinski definition) is 6. The Kier molecular flexibility index (Phi) is 7.23. The van der Waals surface area contributed by atoms with Gasteiger partial charge in [0.25, 0.3) is 6.43 Å². The van der Waals surface area contributed by atoms with Crippen LogP contribution in [-0.2, 0) is 4.74 Å². The van der Waals surface area contributed by atoms with Crippen molar-refractivity contribution in [2.24, 2.45) is 0 Å². The smallest absolute Gasteiger partial charge is 0.263 e. The fourth-order valence-corrected chi connectivity index (χ4v) is 5.00. The average molecular weight is 560 g/mol. The Bertz CT molecular complexity index is 1710. The molecule has 1 N–H and O–H groups in total. The molecule has 1 aliphatic rings. The number of rotatable bonds is 6. The summed E-state index contributed by atoms with van der Waals surface area (Å²) < 4.78 is 61.7. The van der Waals surface area contributed by atoms with E-state index in [0.717, 1.165) is 6.07 Å². The van der Waals surface area contributed by atoms with Gasteiger partial charge in [0.15, 0.2) is 0 Å². The molecule has 0 unspecified atom stereocenters. The molecule has 0 saturated carbocycles. The van der Waals surface area contributed by atoms with Gasteiger partial charge in [0.1, 0.15) is 17.5 Å². The SMILES string of the molecule is Cc1c(-c2ccccn2)nc2cc(F)cc(F)c2c1Nc1cc(N2CCOCC2)ncc1-c1ccc(C(F)F)cc1. The molecule has 0 atom stereocenters. The van der Waals surface area contributed by atoms with E-state index in [1.807, 2.05) is 12.1 Å². The zero-order valence-electron chi connectivity index (χ0n) is 22.0. The van der Waals surface area contributed by atoms with Crippen LogP contribution < -0.4 is 10.2 Å². The molecule has 1 aliphatic heterocycles. The summed E-state index contributed by atoms with van der Waals surface area (Å²) in [5.41, 5.74) is 3.87. The van der Waals surface area contributed by atoms with E-state index in [1.165, 1.54) is 18.2 Å². The Hall–Kier alpha value is -4.57. The molecular formula is C31H25F4N5O. The second-order valence-corrected chi connectivity index (χ2v) is 9.69. The average Bonchev–Trinajstić information content (AvgIpc) is 2.99. The molecular weight excluding hydrogens is 534 g/mol. The van der Waals surface area contributed by atoms with Crippen LogP contribution in [0, 0.1) is 18.6 Å². The number of halogens is 4. The summed E-state index contributed by atoms with van der Waals surface area (Å²) in [6.45, 7) is 4.19. The van der Waals surface area contributed by atoms with Crippen molar-refractivity contribution in [3.05, 3.63) is 95.8 Å². The predicted octanol–water partition coefficient (Wildman–Crippen LogP) is 7.46. The Morgan fingerprint density at radius 3 is 2.44 bits per heavy atom. The molecule has 10 heteroatoms. The van der Waals surface area contributed by atoms with Gasteiger partial charge in [-0.05, 0) is 24.6 Å². The van der Waals surface area contributed by atoms with E-state index in [2.05, 4.69) is 25.2 Å². The standard InChI is InChI=1S/C31H25F4N5O/c1-18-29(24-4-2-3-9-36-24)39-26-15-21(32)14-23(33)28(26)30(18)38-25-16-27(40-10-12-41-13-11-40)37-17-22(25)19-5-7-20(8-6-19)31(34)35/h2-9,14-17,31H,10-13H2,1H3,(H,37,38,39). The Balaban J connectivity index is 1.55. The van der Waals surface area contributed by atoms with Gasteiger partial charge in [-0.1, -0.05) is 30.3 Å². The van der Waals surface area contributed by atoms with Crippen LogP contribution in [0.15, 0.2) is 73.1 Å². The normalized spacial score (nSPS) is 13.7. The number of ether oxygens (including phenoxy) is 1. The Morgan fingerprint density at radius 2 is 1.73 bits per heavy atom. The molecule has 1 fully saturated rings. The fraction of sp³-hybridized carbons (Fsp3) is 0.194. The van der Waals surface area contributed by atoms with Gasteiger partial charge in [-0.2, -0.15) is 0 Å². The highest BCUT2D eigenvalue weighted by molar-refractivity contribution is 5.99. The highest BCUT2D eigenvalue weighted by Gasteiger charge is 2.21. The zero-order chi connectivity index (χ0) is 28.5. The summed E-state index contributed by atoms with van der Waals surface area (Å²) in [7, 11) is 0. The van der Waals surface area contributed by atoms with Crippen LogP contribution in [0.5, 0.6) is 0 Å². The summed E-state index contributed by atoms with van der Waals surface area (Å²) in [6.07, 6.45) is 0.694. The number of anilines is 3. The number of benzene rings is 2. The third-order valence-corrected chi connectivity index (χ3v) is 7.11. The van der Waals surface area contributed by atoms with Crippen LogP contribution in [0.1, 0.15) is 17.6 Å². The first-order chi connectivity index (χ1) is 19.9. The van der Waals surface area contributed by atoms with Crippen LogP contribution in [0.3, 0.4) is 0 Å². The monoisotopic (exact) mass is 559 g/mol. The molecule has 0 spiro atoms. The molecule has 3 aromatic heterocycles. The van der Waals surface area contributed by atoms with Gasteiger partial charge in [-0.15, -0.1) is 0 Å². The first kappa shape index (κ1) is 26.6. The van der Waals surface area contributed by atoms with Gasteiger partial charge in [0, 0.05) is 60.4 Å². The molecule has 6 nitrogen and oxygen atoms in total. The minimum absolute atomic E-state index is 0.0961. The molecule has 0 bridgehead atoms. The maximum atomic E-state index is 15.4. The topological polar surface area (TPSA) is 63.2 Å². The summed E-state index contributed by atoms with van der Waals surface area (Å²) in [5, 5.41) is 3.51. The molecule has 0 amide bonds. The lowest BCUT2D eigenvalue weighted by molar-refractivity contribution is 0.122. The van der Waals surface area contributed by atoms with Crippen molar-refractivity contribution in [3.63, 3.8) is 0 Å². The third kappa shape index (κ3) is 5.30. The van der Waals surface area contributed by atoms with E-state index in [0.29, 0.717) is 71.6 Å². The molecule has 1 saturated heterocycles.